The van der Waals surface area contributed by atoms with Gasteiger partial charge in [0.15, 0.2) is 5.75 Å². The van der Waals surface area contributed by atoms with E-state index in [1.54, 1.807) is 36.4 Å². The Hall–Kier alpha value is -2.89. The molecule has 0 bridgehead atoms. The maximum Gasteiger partial charge on any atom is 0.343 e. The van der Waals surface area contributed by atoms with Crippen LogP contribution in [-0.2, 0) is 4.79 Å². The smallest absolute Gasteiger partial charge is 0.343 e. The molecule has 2 amide bonds. The van der Waals surface area contributed by atoms with Crippen molar-refractivity contribution in [2.45, 2.75) is 0 Å². The van der Waals surface area contributed by atoms with Crippen LogP contribution < -0.4 is 15.5 Å². The van der Waals surface area contributed by atoms with Crippen LogP contribution in [0.25, 0.3) is 0 Å². The molecule has 7 nitrogen and oxygen atoms in total. The summed E-state index contributed by atoms with van der Waals surface area (Å²) in [5.74, 6) is -2.20. The van der Waals surface area contributed by atoms with E-state index in [9.17, 15) is 18.8 Å². The highest BCUT2D eigenvalue weighted by Gasteiger charge is 2.16. The highest BCUT2D eigenvalue weighted by atomic mass is 79.9. The summed E-state index contributed by atoms with van der Waals surface area (Å²) in [5.41, 5.74) is 3.07. The Bertz CT molecular complexity index is 1280. The number of carbonyl (C=O) groups is 3. The Morgan fingerprint density at radius 3 is 2.47 bits per heavy atom. The lowest BCUT2D eigenvalue weighted by molar-refractivity contribution is -0.120. The third-order valence-corrected chi connectivity index (χ3v) is 5.95. The molecule has 11 heteroatoms. The Morgan fingerprint density at radius 2 is 1.74 bits per heavy atom. The van der Waals surface area contributed by atoms with E-state index in [0.29, 0.717) is 24.5 Å². The quantitative estimate of drug-likeness (QED) is 0.158. The maximum atomic E-state index is 13.4. The molecule has 0 saturated heterocycles. The molecule has 3 aromatic rings. The van der Waals surface area contributed by atoms with Gasteiger partial charge in [0.1, 0.15) is 5.82 Å². The van der Waals surface area contributed by atoms with Crippen LogP contribution in [-0.4, -0.2) is 30.5 Å². The number of amides is 2. The molecule has 0 heterocycles. The standard InChI is InChI=1S/C23H15Br3FN3O4/c24-15-8-14(21(19(26)10-15)34-23(33)13-4-3-5-16(27)9-13)11-29-30-20(31)12-28-22(32)17-6-1-2-7-18(17)25/h1-11H,12H2,(H,28,32)(H,30,31)/b29-11+. The van der Waals surface area contributed by atoms with E-state index in [4.69, 9.17) is 4.74 Å². The van der Waals surface area contributed by atoms with E-state index in [2.05, 4.69) is 63.6 Å². The van der Waals surface area contributed by atoms with Gasteiger partial charge >= 0.3 is 5.97 Å². The third kappa shape index (κ3) is 7.05. The fraction of sp³-hybridized carbons (Fsp3) is 0.0435. The molecule has 0 aliphatic heterocycles. The fourth-order valence-electron chi connectivity index (χ4n) is 2.67. The number of halogens is 4. The summed E-state index contributed by atoms with van der Waals surface area (Å²) in [4.78, 5) is 36.7. The van der Waals surface area contributed by atoms with Crippen LogP contribution in [0.5, 0.6) is 5.75 Å². The van der Waals surface area contributed by atoms with Gasteiger partial charge in [0.25, 0.3) is 11.8 Å². The molecular weight excluding hydrogens is 641 g/mol. The number of hydrogen-bond acceptors (Lipinski definition) is 5. The number of nitrogens with one attached hydrogen (secondary N) is 2. The van der Waals surface area contributed by atoms with Crippen LogP contribution in [0.4, 0.5) is 4.39 Å². The normalized spacial score (nSPS) is 10.7. The van der Waals surface area contributed by atoms with Gasteiger partial charge in [0.2, 0.25) is 0 Å². The lowest BCUT2D eigenvalue weighted by Crippen LogP contribution is -2.35. The second-order valence-corrected chi connectivity index (χ2v) is 9.29. The van der Waals surface area contributed by atoms with Crippen LogP contribution >= 0.6 is 47.8 Å². The van der Waals surface area contributed by atoms with E-state index in [1.165, 1.54) is 24.4 Å². The lowest BCUT2D eigenvalue weighted by Gasteiger charge is -2.11. The van der Waals surface area contributed by atoms with Gasteiger partial charge < -0.3 is 10.1 Å². The largest absolute Gasteiger partial charge is 0.421 e. The summed E-state index contributed by atoms with van der Waals surface area (Å²) < 4.78 is 20.6. The van der Waals surface area contributed by atoms with Crippen molar-refractivity contribution in [1.82, 2.24) is 10.7 Å². The third-order valence-electron chi connectivity index (χ3n) is 4.21. The minimum Gasteiger partial charge on any atom is -0.421 e. The van der Waals surface area contributed by atoms with Crippen LogP contribution in [0.15, 0.2) is 79.2 Å². The highest BCUT2D eigenvalue weighted by molar-refractivity contribution is 9.11. The van der Waals surface area contributed by atoms with Gasteiger partial charge in [0.05, 0.1) is 28.4 Å². The number of carbonyl (C=O) groups excluding carboxylic acids is 3. The minimum atomic E-state index is -0.768. The molecule has 0 spiro atoms. The number of hydrazone groups is 1. The van der Waals surface area contributed by atoms with Gasteiger partial charge in [-0.3, -0.25) is 9.59 Å². The molecule has 0 saturated carbocycles. The number of rotatable bonds is 7. The Kier molecular flexibility index (Phi) is 9.08. The summed E-state index contributed by atoms with van der Waals surface area (Å²) in [7, 11) is 0. The van der Waals surface area contributed by atoms with Crippen LogP contribution in [0.3, 0.4) is 0 Å². The fourth-order valence-corrected chi connectivity index (χ4v) is 4.47. The van der Waals surface area contributed by atoms with Gasteiger partial charge in [0, 0.05) is 14.5 Å². The van der Waals surface area contributed by atoms with Crippen LogP contribution in [0, 0.1) is 5.82 Å². The predicted molar refractivity (Wildman–Crippen MR) is 135 cm³/mol. The molecule has 0 unspecified atom stereocenters. The lowest BCUT2D eigenvalue weighted by atomic mass is 10.2. The molecule has 3 rings (SSSR count). The zero-order valence-corrected chi connectivity index (χ0v) is 21.9. The molecule has 0 radical (unpaired) electrons. The van der Waals surface area contributed by atoms with E-state index in [-0.39, 0.29) is 17.9 Å². The van der Waals surface area contributed by atoms with Gasteiger partial charge in [-0.05, 0) is 74.3 Å². The summed E-state index contributed by atoms with van der Waals surface area (Å²) in [6, 6.07) is 15.2. The summed E-state index contributed by atoms with van der Waals surface area (Å²) in [5, 5.41) is 6.37. The Morgan fingerprint density at radius 1 is 0.971 bits per heavy atom. The van der Waals surface area contributed by atoms with Crippen molar-refractivity contribution in [3.63, 3.8) is 0 Å². The minimum absolute atomic E-state index is 0.0341. The zero-order chi connectivity index (χ0) is 24.7. The van der Waals surface area contributed by atoms with Crippen LogP contribution in [0.2, 0.25) is 0 Å². The first-order valence-corrected chi connectivity index (χ1v) is 11.9. The first-order valence-electron chi connectivity index (χ1n) is 9.56. The average Bonchev–Trinajstić information content (AvgIpc) is 2.79. The number of esters is 1. The van der Waals surface area contributed by atoms with E-state index in [1.807, 2.05) is 0 Å². The molecular formula is C23H15Br3FN3O4. The zero-order valence-electron chi connectivity index (χ0n) is 17.2. The van der Waals surface area contributed by atoms with Crippen LogP contribution in [0.1, 0.15) is 26.3 Å². The molecule has 0 aromatic heterocycles. The highest BCUT2D eigenvalue weighted by Crippen LogP contribution is 2.32. The molecule has 0 atom stereocenters. The molecule has 174 valence electrons. The van der Waals surface area contributed by atoms with Gasteiger partial charge in [-0.1, -0.05) is 34.1 Å². The average molecular weight is 656 g/mol. The van der Waals surface area contributed by atoms with Crippen molar-refractivity contribution in [2.75, 3.05) is 6.54 Å². The summed E-state index contributed by atoms with van der Waals surface area (Å²) >= 11 is 9.94. The first-order chi connectivity index (χ1) is 16.2. The van der Waals surface area contributed by atoms with Crippen molar-refractivity contribution in [1.29, 1.82) is 0 Å². The first kappa shape index (κ1) is 25.7. The van der Waals surface area contributed by atoms with E-state index >= 15 is 0 Å². The molecule has 2 N–H and O–H groups in total. The summed E-state index contributed by atoms with van der Waals surface area (Å²) in [6.45, 7) is -0.304. The topological polar surface area (TPSA) is 96.9 Å². The van der Waals surface area contributed by atoms with Gasteiger partial charge in [-0.15, -0.1) is 0 Å². The molecule has 0 fully saturated rings. The van der Waals surface area contributed by atoms with E-state index in [0.717, 1.165) is 6.07 Å². The predicted octanol–water partition coefficient (Wildman–Crippen LogP) is 5.21. The van der Waals surface area contributed by atoms with Crippen molar-refractivity contribution in [3.05, 3.63) is 96.6 Å². The Labute approximate surface area is 219 Å². The molecule has 34 heavy (non-hydrogen) atoms. The second-order valence-electron chi connectivity index (χ2n) is 6.66. The van der Waals surface area contributed by atoms with E-state index < -0.39 is 23.6 Å². The molecule has 0 aliphatic carbocycles. The number of benzene rings is 3. The Balaban J connectivity index is 1.66. The van der Waals surface area contributed by atoms with Crippen molar-refractivity contribution in [3.8, 4) is 5.75 Å². The second kappa shape index (κ2) is 12.0. The maximum absolute atomic E-state index is 13.4. The number of hydrogen-bond donors (Lipinski definition) is 2. The number of ether oxygens (including phenoxy) is 1. The molecule has 3 aromatic carbocycles. The summed E-state index contributed by atoms with van der Waals surface area (Å²) in [6.07, 6.45) is 1.28. The van der Waals surface area contributed by atoms with Crippen molar-refractivity contribution in [2.24, 2.45) is 5.10 Å². The number of nitrogens with zero attached hydrogens (tertiary/aromatic N) is 1. The van der Waals surface area contributed by atoms with Crippen molar-refractivity contribution < 1.29 is 23.5 Å². The van der Waals surface area contributed by atoms with Gasteiger partial charge in [-0.25, -0.2) is 14.6 Å². The monoisotopic (exact) mass is 653 g/mol. The van der Waals surface area contributed by atoms with Gasteiger partial charge in [-0.2, -0.15) is 5.10 Å². The molecule has 0 aliphatic rings. The van der Waals surface area contributed by atoms with Crippen molar-refractivity contribution >= 4 is 71.8 Å². The SMILES string of the molecule is O=C(CNC(=O)c1ccccc1Br)N/N=C/c1cc(Br)cc(Br)c1OC(=O)c1cccc(F)c1.